The van der Waals surface area contributed by atoms with Gasteiger partial charge in [0, 0.05) is 11.8 Å². The van der Waals surface area contributed by atoms with Crippen LogP contribution in [0.1, 0.15) is 24.2 Å². The lowest BCUT2D eigenvalue weighted by atomic mass is 10.2. The summed E-state index contributed by atoms with van der Waals surface area (Å²) in [5, 5.41) is 2.66. The number of hydrogen-bond donors (Lipinski definition) is 1. The minimum absolute atomic E-state index is 0.0341. The first-order valence-electron chi connectivity index (χ1n) is 8.82. The SMILES string of the molecule is COc1cccc(NC2=C(Cl)C(=O)N(c3ccc(C(=O)OC(C)C)cc3)C2=O)c1. The van der Waals surface area contributed by atoms with E-state index in [1.165, 1.54) is 31.4 Å². The first-order valence-corrected chi connectivity index (χ1v) is 9.20. The normalized spacial score (nSPS) is 13.9. The van der Waals surface area contributed by atoms with Crippen LogP contribution in [0.5, 0.6) is 5.75 Å². The van der Waals surface area contributed by atoms with E-state index < -0.39 is 17.8 Å². The van der Waals surface area contributed by atoms with E-state index in [0.29, 0.717) is 22.7 Å². The number of esters is 1. The number of benzene rings is 2. The summed E-state index contributed by atoms with van der Waals surface area (Å²) in [7, 11) is 1.53. The third-order valence-corrected chi connectivity index (χ3v) is 4.42. The molecule has 7 nitrogen and oxygen atoms in total. The first kappa shape index (κ1) is 20.4. The maximum atomic E-state index is 12.8. The number of amides is 2. The van der Waals surface area contributed by atoms with Gasteiger partial charge in [-0.25, -0.2) is 9.69 Å². The minimum Gasteiger partial charge on any atom is -0.497 e. The highest BCUT2D eigenvalue weighted by Gasteiger charge is 2.39. The van der Waals surface area contributed by atoms with Gasteiger partial charge in [0.2, 0.25) is 0 Å². The van der Waals surface area contributed by atoms with Crippen LogP contribution in [0.25, 0.3) is 0 Å². The van der Waals surface area contributed by atoms with Crippen molar-refractivity contribution in [3.8, 4) is 5.75 Å². The van der Waals surface area contributed by atoms with Crippen LogP contribution >= 0.6 is 11.6 Å². The van der Waals surface area contributed by atoms with Crippen LogP contribution in [0.4, 0.5) is 11.4 Å². The number of ether oxygens (including phenoxy) is 2. The number of imide groups is 1. The maximum Gasteiger partial charge on any atom is 0.338 e. The maximum absolute atomic E-state index is 12.8. The molecular weight excluding hydrogens is 396 g/mol. The summed E-state index contributed by atoms with van der Waals surface area (Å²) in [4.78, 5) is 38.3. The smallest absolute Gasteiger partial charge is 0.338 e. The molecule has 1 aliphatic heterocycles. The molecule has 8 heteroatoms. The number of anilines is 2. The number of carbonyl (C=O) groups is 3. The third kappa shape index (κ3) is 4.25. The van der Waals surface area contributed by atoms with E-state index in [1.807, 2.05) is 0 Å². The molecule has 29 heavy (non-hydrogen) atoms. The lowest BCUT2D eigenvalue weighted by Crippen LogP contribution is -2.32. The summed E-state index contributed by atoms with van der Waals surface area (Å²) in [5.74, 6) is -1.15. The van der Waals surface area contributed by atoms with E-state index >= 15 is 0 Å². The van der Waals surface area contributed by atoms with Crippen molar-refractivity contribution in [3.63, 3.8) is 0 Å². The highest BCUT2D eigenvalue weighted by atomic mass is 35.5. The second kappa shape index (κ2) is 8.36. The molecule has 0 bridgehead atoms. The third-order valence-electron chi connectivity index (χ3n) is 4.07. The Kier molecular flexibility index (Phi) is 5.89. The summed E-state index contributed by atoms with van der Waals surface area (Å²) in [5.41, 5.74) is 1.12. The van der Waals surface area contributed by atoms with Crippen LogP contribution in [0.2, 0.25) is 0 Å². The molecule has 0 aliphatic carbocycles. The van der Waals surface area contributed by atoms with Gasteiger partial charge in [0.25, 0.3) is 11.8 Å². The lowest BCUT2D eigenvalue weighted by Gasteiger charge is -2.16. The summed E-state index contributed by atoms with van der Waals surface area (Å²) in [6.07, 6.45) is -0.253. The van der Waals surface area contributed by atoms with Crippen molar-refractivity contribution in [2.24, 2.45) is 0 Å². The molecule has 3 rings (SSSR count). The van der Waals surface area contributed by atoms with E-state index in [-0.39, 0.29) is 16.8 Å². The van der Waals surface area contributed by atoms with Crippen molar-refractivity contribution in [2.45, 2.75) is 20.0 Å². The number of methoxy groups -OCH3 is 1. The molecule has 2 aromatic carbocycles. The van der Waals surface area contributed by atoms with Gasteiger partial charge in [-0.1, -0.05) is 17.7 Å². The predicted molar refractivity (Wildman–Crippen MR) is 109 cm³/mol. The summed E-state index contributed by atoms with van der Waals surface area (Å²) in [6, 6.07) is 12.8. The molecule has 0 atom stereocenters. The molecule has 0 aromatic heterocycles. The van der Waals surface area contributed by atoms with Gasteiger partial charge in [-0.2, -0.15) is 0 Å². The Morgan fingerprint density at radius 1 is 1.07 bits per heavy atom. The van der Waals surface area contributed by atoms with Gasteiger partial charge in [-0.3, -0.25) is 9.59 Å². The standard InChI is InChI=1S/C21H19ClN2O5/c1-12(2)29-21(27)13-7-9-15(10-8-13)24-19(25)17(22)18(20(24)26)23-14-5-4-6-16(11-14)28-3/h4-12,23H,1-3H3. The first-order chi connectivity index (χ1) is 13.8. The monoisotopic (exact) mass is 414 g/mol. The Balaban J connectivity index is 1.81. The quantitative estimate of drug-likeness (QED) is 0.573. The Bertz CT molecular complexity index is 998. The van der Waals surface area contributed by atoms with Crippen molar-refractivity contribution in [1.29, 1.82) is 0 Å². The summed E-state index contributed by atoms with van der Waals surface area (Å²) < 4.78 is 10.3. The van der Waals surface area contributed by atoms with Crippen molar-refractivity contribution in [1.82, 2.24) is 0 Å². The fraction of sp³-hybridized carbons (Fsp3) is 0.190. The molecule has 2 amide bonds. The molecule has 0 radical (unpaired) electrons. The second-order valence-corrected chi connectivity index (χ2v) is 6.87. The second-order valence-electron chi connectivity index (χ2n) is 6.49. The number of nitrogens with zero attached hydrogens (tertiary/aromatic N) is 1. The number of carbonyl (C=O) groups excluding carboxylic acids is 3. The zero-order chi connectivity index (χ0) is 21.1. The van der Waals surface area contributed by atoms with Gasteiger partial charge in [0.1, 0.15) is 16.5 Å². The van der Waals surface area contributed by atoms with Gasteiger partial charge in [0.15, 0.2) is 0 Å². The highest BCUT2D eigenvalue weighted by Crippen LogP contribution is 2.31. The van der Waals surface area contributed by atoms with Crippen LogP contribution in [0, 0.1) is 0 Å². The average molecular weight is 415 g/mol. The number of rotatable bonds is 6. The molecular formula is C21H19ClN2O5. The van der Waals surface area contributed by atoms with Crippen molar-refractivity contribution in [2.75, 3.05) is 17.3 Å². The zero-order valence-corrected chi connectivity index (χ0v) is 16.8. The molecule has 0 fully saturated rings. The summed E-state index contributed by atoms with van der Waals surface area (Å²) >= 11 is 6.13. The Morgan fingerprint density at radius 3 is 2.38 bits per heavy atom. The van der Waals surface area contributed by atoms with E-state index in [4.69, 9.17) is 21.1 Å². The largest absolute Gasteiger partial charge is 0.497 e. The number of hydrogen-bond acceptors (Lipinski definition) is 6. The Morgan fingerprint density at radius 2 is 1.76 bits per heavy atom. The Labute approximate surface area is 172 Å². The number of nitrogens with one attached hydrogen (secondary N) is 1. The molecule has 0 saturated carbocycles. The van der Waals surface area contributed by atoms with Gasteiger partial charge in [-0.05, 0) is 50.2 Å². The van der Waals surface area contributed by atoms with E-state index in [0.717, 1.165) is 4.90 Å². The Hall–Kier alpha value is -3.32. The fourth-order valence-electron chi connectivity index (χ4n) is 2.72. The molecule has 1 N–H and O–H groups in total. The molecule has 1 heterocycles. The van der Waals surface area contributed by atoms with E-state index in [1.54, 1.807) is 38.1 Å². The van der Waals surface area contributed by atoms with Crippen molar-refractivity contribution in [3.05, 3.63) is 64.8 Å². The zero-order valence-electron chi connectivity index (χ0n) is 16.1. The van der Waals surface area contributed by atoms with E-state index in [2.05, 4.69) is 5.32 Å². The summed E-state index contributed by atoms with van der Waals surface area (Å²) in [6.45, 7) is 3.50. The molecule has 0 spiro atoms. The van der Waals surface area contributed by atoms with Crippen LogP contribution in [0.3, 0.4) is 0 Å². The van der Waals surface area contributed by atoms with Crippen LogP contribution in [0.15, 0.2) is 59.3 Å². The van der Waals surface area contributed by atoms with Crippen LogP contribution in [-0.4, -0.2) is 31.0 Å². The van der Waals surface area contributed by atoms with Crippen LogP contribution < -0.4 is 15.0 Å². The van der Waals surface area contributed by atoms with Gasteiger partial charge < -0.3 is 14.8 Å². The molecule has 1 aliphatic rings. The molecule has 0 unspecified atom stereocenters. The van der Waals surface area contributed by atoms with E-state index in [9.17, 15) is 14.4 Å². The van der Waals surface area contributed by atoms with Gasteiger partial charge >= 0.3 is 5.97 Å². The molecule has 150 valence electrons. The highest BCUT2D eigenvalue weighted by molar-refractivity contribution is 6.53. The molecule has 0 saturated heterocycles. The van der Waals surface area contributed by atoms with Gasteiger partial charge in [0.05, 0.1) is 24.5 Å². The van der Waals surface area contributed by atoms with Crippen molar-refractivity contribution >= 4 is 40.8 Å². The molecule has 2 aromatic rings. The minimum atomic E-state index is -0.653. The fourth-order valence-corrected chi connectivity index (χ4v) is 2.93. The number of halogens is 1. The van der Waals surface area contributed by atoms with Crippen LogP contribution in [-0.2, 0) is 14.3 Å². The lowest BCUT2D eigenvalue weighted by molar-refractivity contribution is -0.120. The average Bonchev–Trinajstić information content (AvgIpc) is 2.91. The topological polar surface area (TPSA) is 84.9 Å². The van der Waals surface area contributed by atoms with Crippen molar-refractivity contribution < 1.29 is 23.9 Å². The van der Waals surface area contributed by atoms with Gasteiger partial charge in [-0.15, -0.1) is 0 Å². The predicted octanol–water partition coefficient (Wildman–Crippen LogP) is 3.70.